The van der Waals surface area contributed by atoms with Crippen LogP contribution < -0.4 is 0 Å². The highest BCUT2D eigenvalue weighted by Crippen LogP contribution is 2.25. The number of rotatable bonds is 6. The van der Waals surface area contributed by atoms with Gasteiger partial charge in [0.05, 0.1) is 0 Å². The van der Waals surface area contributed by atoms with Crippen LogP contribution in [0.15, 0.2) is 131 Å². The molecule has 0 unspecified atom stereocenters. The quantitative estimate of drug-likeness (QED) is 0.106. The summed E-state index contributed by atoms with van der Waals surface area (Å²) in [5.41, 5.74) is 7.41. The van der Waals surface area contributed by atoms with Crippen molar-refractivity contribution in [1.29, 1.82) is 0 Å². The third-order valence-corrected chi connectivity index (χ3v) is 8.16. The second-order valence-electron chi connectivity index (χ2n) is 10.3. The van der Waals surface area contributed by atoms with Gasteiger partial charge in [0.25, 0.3) is 0 Å². The first kappa shape index (κ1) is 32.1. The molecule has 2 nitrogen and oxygen atoms in total. The summed E-state index contributed by atoms with van der Waals surface area (Å²) >= 11 is 2.44. The normalized spacial score (nSPS) is 10.7. The molecule has 5 rings (SSSR count). The first-order valence-electron chi connectivity index (χ1n) is 14.7. The fraction of sp³-hybridized carbons (Fsp3) is 0.0476. The standard InChI is InChI=1S/C42H30O2S2/c1-31(43)45-41-17-9-15-35(27-41)21-25-39-29-38(24-20-34-13-7-4-8-14-34)40(30-37(39)23-19-33-11-5-3-6-12-33)26-22-36-16-10-18-42(28-36)46-32(2)44/h3-18,21-22,25-30H,1-2H3/b25-21+,26-22+. The Morgan fingerprint density at radius 2 is 0.891 bits per heavy atom. The van der Waals surface area contributed by atoms with Crippen LogP contribution in [0, 0.1) is 23.7 Å². The Bertz CT molecular complexity index is 1900. The molecule has 0 aromatic heterocycles. The monoisotopic (exact) mass is 630 g/mol. The molecule has 0 saturated heterocycles. The molecule has 0 amide bonds. The SMILES string of the molecule is CC(=O)Sc1cccc(/C=C/c2cc(C#Cc3ccccc3)c(/C=C/c3cccc(SC(C)=O)c3)cc2C#Cc2ccccc2)c1. The highest BCUT2D eigenvalue weighted by Gasteiger charge is 2.07. The topological polar surface area (TPSA) is 34.1 Å². The van der Waals surface area contributed by atoms with Crippen molar-refractivity contribution in [2.45, 2.75) is 23.6 Å². The van der Waals surface area contributed by atoms with Gasteiger partial charge in [0.15, 0.2) is 10.2 Å². The van der Waals surface area contributed by atoms with Crippen molar-refractivity contribution in [3.8, 4) is 23.7 Å². The van der Waals surface area contributed by atoms with Gasteiger partial charge in [-0.2, -0.15) is 0 Å². The number of hydrogen-bond donors (Lipinski definition) is 0. The van der Waals surface area contributed by atoms with E-state index in [4.69, 9.17) is 0 Å². The Morgan fingerprint density at radius 3 is 1.28 bits per heavy atom. The lowest BCUT2D eigenvalue weighted by atomic mass is 9.96. The predicted molar refractivity (Wildman–Crippen MR) is 195 cm³/mol. The van der Waals surface area contributed by atoms with Crippen LogP contribution in [0.25, 0.3) is 24.3 Å². The van der Waals surface area contributed by atoms with Crippen molar-refractivity contribution in [1.82, 2.24) is 0 Å². The molecule has 0 radical (unpaired) electrons. The Kier molecular flexibility index (Phi) is 11.3. The van der Waals surface area contributed by atoms with E-state index in [1.54, 1.807) is 13.8 Å². The first-order valence-corrected chi connectivity index (χ1v) is 16.3. The average Bonchev–Trinajstić information content (AvgIpc) is 3.05. The van der Waals surface area contributed by atoms with E-state index in [2.05, 4.69) is 48.0 Å². The van der Waals surface area contributed by atoms with Gasteiger partial charge in [-0.3, -0.25) is 9.59 Å². The molecule has 0 bridgehead atoms. The fourth-order valence-corrected chi connectivity index (χ4v) is 5.86. The van der Waals surface area contributed by atoms with Crippen molar-refractivity contribution in [3.63, 3.8) is 0 Å². The fourth-order valence-electron chi connectivity index (χ4n) is 4.51. The average molecular weight is 631 g/mol. The number of benzene rings is 5. The molecule has 5 aromatic carbocycles. The van der Waals surface area contributed by atoms with E-state index in [1.165, 1.54) is 23.5 Å². The van der Waals surface area contributed by atoms with Crippen LogP contribution in [0.3, 0.4) is 0 Å². The molecule has 0 atom stereocenters. The van der Waals surface area contributed by atoms with Gasteiger partial charge >= 0.3 is 0 Å². The molecular weight excluding hydrogens is 601 g/mol. The van der Waals surface area contributed by atoms with Crippen molar-refractivity contribution >= 4 is 58.1 Å². The Labute approximate surface area is 279 Å². The highest BCUT2D eigenvalue weighted by atomic mass is 32.2. The summed E-state index contributed by atoms with van der Waals surface area (Å²) in [5, 5.41) is 0.100. The molecular formula is C42H30O2S2. The van der Waals surface area contributed by atoms with Gasteiger partial charge in [0.1, 0.15) is 0 Å². The molecule has 0 aliphatic heterocycles. The minimum atomic E-state index is 0.0502. The predicted octanol–water partition coefficient (Wildman–Crippen LogP) is 10.1. The summed E-state index contributed by atoms with van der Waals surface area (Å²) in [7, 11) is 0. The largest absolute Gasteiger partial charge is 0.287 e. The van der Waals surface area contributed by atoms with E-state index >= 15 is 0 Å². The Hall–Kier alpha value is -5.26. The first-order chi connectivity index (χ1) is 22.4. The lowest BCUT2D eigenvalue weighted by molar-refractivity contribution is -0.109. The van der Waals surface area contributed by atoms with Crippen LogP contribution in [0.1, 0.15) is 58.4 Å². The van der Waals surface area contributed by atoms with Gasteiger partial charge in [-0.05, 0) is 82.9 Å². The van der Waals surface area contributed by atoms with Gasteiger partial charge in [0, 0.05) is 45.9 Å². The molecule has 222 valence electrons. The van der Waals surface area contributed by atoms with Crippen molar-refractivity contribution in [3.05, 3.63) is 166 Å². The van der Waals surface area contributed by atoms with Gasteiger partial charge in [0.2, 0.25) is 0 Å². The van der Waals surface area contributed by atoms with E-state index in [0.29, 0.717) is 0 Å². The molecule has 46 heavy (non-hydrogen) atoms. The Balaban J connectivity index is 1.62. The van der Waals surface area contributed by atoms with Crippen molar-refractivity contribution in [2.24, 2.45) is 0 Å². The number of carbonyl (C=O) groups excluding carboxylic acids is 2. The summed E-state index contributed by atoms with van der Waals surface area (Å²) in [6.07, 6.45) is 8.18. The van der Waals surface area contributed by atoms with E-state index in [-0.39, 0.29) is 10.2 Å². The molecule has 5 aromatic rings. The number of carbonyl (C=O) groups is 2. The molecule has 0 spiro atoms. The second kappa shape index (κ2) is 16.2. The zero-order chi connectivity index (χ0) is 32.1. The summed E-state index contributed by atoms with van der Waals surface area (Å²) in [5.74, 6) is 13.4. The van der Waals surface area contributed by atoms with E-state index in [9.17, 15) is 9.59 Å². The van der Waals surface area contributed by atoms with Gasteiger partial charge in [-0.15, -0.1) is 0 Å². The van der Waals surface area contributed by atoms with E-state index in [0.717, 1.165) is 54.3 Å². The van der Waals surface area contributed by atoms with Crippen molar-refractivity contribution in [2.75, 3.05) is 0 Å². The summed E-state index contributed by atoms with van der Waals surface area (Å²) in [6, 6.07) is 39.8. The van der Waals surface area contributed by atoms with Crippen molar-refractivity contribution < 1.29 is 9.59 Å². The molecule has 0 heterocycles. The summed E-state index contributed by atoms with van der Waals surface area (Å²) in [4.78, 5) is 25.1. The number of thioether (sulfide) groups is 2. The molecule has 4 heteroatoms. The summed E-state index contributed by atoms with van der Waals surface area (Å²) in [6.45, 7) is 3.14. The van der Waals surface area contributed by atoms with Crippen LogP contribution in [0.5, 0.6) is 0 Å². The van der Waals surface area contributed by atoms with Gasteiger partial charge in [-0.25, -0.2) is 0 Å². The van der Waals surface area contributed by atoms with Crippen LogP contribution in [-0.4, -0.2) is 10.2 Å². The smallest absolute Gasteiger partial charge is 0.190 e. The maximum absolute atomic E-state index is 11.7. The highest BCUT2D eigenvalue weighted by molar-refractivity contribution is 8.13. The molecule has 0 saturated carbocycles. The minimum absolute atomic E-state index is 0.0502. The molecule has 0 aliphatic carbocycles. The van der Waals surface area contributed by atoms with Crippen LogP contribution in [0.2, 0.25) is 0 Å². The van der Waals surface area contributed by atoms with Gasteiger partial charge < -0.3 is 0 Å². The van der Waals surface area contributed by atoms with Crippen LogP contribution in [-0.2, 0) is 9.59 Å². The van der Waals surface area contributed by atoms with Crippen LogP contribution >= 0.6 is 23.5 Å². The lowest BCUT2D eigenvalue weighted by Gasteiger charge is -2.07. The minimum Gasteiger partial charge on any atom is -0.287 e. The third-order valence-electron chi connectivity index (χ3n) is 6.60. The number of hydrogen-bond acceptors (Lipinski definition) is 4. The van der Waals surface area contributed by atoms with E-state index in [1.807, 2.05) is 121 Å². The maximum atomic E-state index is 11.7. The van der Waals surface area contributed by atoms with Crippen LogP contribution in [0.4, 0.5) is 0 Å². The molecule has 0 aliphatic rings. The molecule has 0 N–H and O–H groups in total. The maximum Gasteiger partial charge on any atom is 0.190 e. The van der Waals surface area contributed by atoms with Gasteiger partial charge in [-0.1, -0.05) is 132 Å². The third kappa shape index (κ3) is 9.88. The zero-order valence-electron chi connectivity index (χ0n) is 25.5. The van der Waals surface area contributed by atoms with E-state index < -0.39 is 0 Å². The Morgan fingerprint density at radius 1 is 0.478 bits per heavy atom. The zero-order valence-corrected chi connectivity index (χ0v) is 27.1. The second-order valence-corrected chi connectivity index (χ2v) is 12.8. The lowest BCUT2D eigenvalue weighted by Crippen LogP contribution is -1.91. The molecule has 0 fully saturated rings. The summed E-state index contributed by atoms with van der Waals surface area (Å²) < 4.78 is 0.